The molecule has 138 valence electrons. The lowest BCUT2D eigenvalue weighted by Gasteiger charge is -2.32. The number of carbonyl (C=O) groups is 2. The maximum Gasteiger partial charge on any atom is 0.409 e. The first-order valence-corrected chi connectivity index (χ1v) is 8.56. The number of nitrogens with one attached hydrogen (secondary N) is 1. The first kappa shape index (κ1) is 18.9. The van der Waals surface area contributed by atoms with E-state index < -0.39 is 6.10 Å². The predicted octanol–water partition coefficient (Wildman–Crippen LogP) is 2.20. The van der Waals surface area contributed by atoms with Crippen molar-refractivity contribution >= 4 is 12.0 Å². The maximum atomic E-state index is 12.3. The lowest BCUT2D eigenvalue weighted by Crippen LogP contribution is -2.49. The van der Waals surface area contributed by atoms with Gasteiger partial charge in [0.05, 0.1) is 13.7 Å². The van der Waals surface area contributed by atoms with Crippen molar-refractivity contribution in [2.24, 2.45) is 0 Å². The highest BCUT2D eigenvalue weighted by molar-refractivity contribution is 5.81. The van der Waals surface area contributed by atoms with Gasteiger partial charge in [-0.15, -0.1) is 0 Å². The highest BCUT2D eigenvalue weighted by atomic mass is 16.6. The molecule has 2 amide bonds. The van der Waals surface area contributed by atoms with E-state index >= 15 is 0 Å². The number of ether oxygens (including phenoxy) is 3. The predicted molar refractivity (Wildman–Crippen MR) is 92.8 cm³/mol. The monoisotopic (exact) mass is 350 g/mol. The molecule has 1 aromatic carbocycles. The quantitative estimate of drug-likeness (QED) is 0.851. The van der Waals surface area contributed by atoms with Crippen molar-refractivity contribution < 1.29 is 23.8 Å². The molecule has 1 aliphatic heterocycles. The second kappa shape index (κ2) is 9.15. The molecular weight excluding hydrogens is 324 g/mol. The van der Waals surface area contributed by atoms with Gasteiger partial charge in [-0.3, -0.25) is 4.79 Å². The Hall–Kier alpha value is -2.44. The number of likely N-dealkylation sites (tertiary alicyclic amines) is 1. The molecular formula is C18H26N2O5. The van der Waals surface area contributed by atoms with Crippen molar-refractivity contribution in [3.05, 3.63) is 24.3 Å². The Morgan fingerprint density at radius 3 is 2.36 bits per heavy atom. The van der Waals surface area contributed by atoms with Crippen molar-refractivity contribution in [3.8, 4) is 11.5 Å². The molecule has 7 nitrogen and oxygen atoms in total. The van der Waals surface area contributed by atoms with Gasteiger partial charge < -0.3 is 24.4 Å². The van der Waals surface area contributed by atoms with Gasteiger partial charge in [-0.1, -0.05) is 0 Å². The zero-order valence-corrected chi connectivity index (χ0v) is 15.0. The number of piperidine rings is 1. The largest absolute Gasteiger partial charge is 0.497 e. The Morgan fingerprint density at radius 1 is 1.20 bits per heavy atom. The fourth-order valence-corrected chi connectivity index (χ4v) is 2.65. The number of benzene rings is 1. The Labute approximate surface area is 148 Å². The molecule has 0 aromatic heterocycles. The van der Waals surface area contributed by atoms with Crippen LogP contribution >= 0.6 is 0 Å². The minimum atomic E-state index is -0.600. The van der Waals surface area contributed by atoms with E-state index in [0.29, 0.717) is 38.3 Å². The van der Waals surface area contributed by atoms with Gasteiger partial charge in [-0.2, -0.15) is 0 Å². The highest BCUT2D eigenvalue weighted by Gasteiger charge is 2.26. The Balaban J connectivity index is 1.76. The number of hydrogen-bond acceptors (Lipinski definition) is 5. The molecule has 1 N–H and O–H groups in total. The average Bonchev–Trinajstić information content (AvgIpc) is 2.63. The zero-order valence-electron chi connectivity index (χ0n) is 15.0. The van der Waals surface area contributed by atoms with E-state index in [1.165, 1.54) is 0 Å². The first-order valence-electron chi connectivity index (χ1n) is 8.56. The minimum absolute atomic E-state index is 0.0418. The second-order valence-corrected chi connectivity index (χ2v) is 5.90. The van der Waals surface area contributed by atoms with Gasteiger partial charge in [0, 0.05) is 19.1 Å². The summed E-state index contributed by atoms with van der Waals surface area (Å²) < 4.78 is 15.7. The van der Waals surface area contributed by atoms with Crippen molar-refractivity contribution in [1.29, 1.82) is 0 Å². The molecule has 1 aromatic rings. The number of hydrogen-bond donors (Lipinski definition) is 1. The molecule has 0 unspecified atom stereocenters. The molecule has 0 spiro atoms. The normalized spacial score (nSPS) is 16.0. The summed E-state index contributed by atoms with van der Waals surface area (Å²) >= 11 is 0. The van der Waals surface area contributed by atoms with Crippen molar-refractivity contribution in [3.63, 3.8) is 0 Å². The van der Waals surface area contributed by atoms with E-state index in [0.717, 1.165) is 5.75 Å². The molecule has 1 fully saturated rings. The van der Waals surface area contributed by atoms with Crippen LogP contribution in [0.25, 0.3) is 0 Å². The fraction of sp³-hybridized carbons (Fsp3) is 0.556. The van der Waals surface area contributed by atoms with Crippen molar-refractivity contribution in [2.45, 2.75) is 38.8 Å². The van der Waals surface area contributed by atoms with Crippen LogP contribution in [0.4, 0.5) is 4.79 Å². The lowest BCUT2D eigenvalue weighted by molar-refractivity contribution is -0.128. The number of carbonyl (C=O) groups excluding carboxylic acids is 2. The molecule has 0 saturated carbocycles. The Morgan fingerprint density at radius 2 is 1.80 bits per heavy atom. The number of amides is 2. The topological polar surface area (TPSA) is 77.1 Å². The van der Waals surface area contributed by atoms with E-state index in [2.05, 4.69) is 5.32 Å². The van der Waals surface area contributed by atoms with Gasteiger partial charge in [0.1, 0.15) is 11.5 Å². The van der Waals surface area contributed by atoms with Gasteiger partial charge >= 0.3 is 6.09 Å². The number of rotatable bonds is 6. The lowest BCUT2D eigenvalue weighted by atomic mass is 10.1. The smallest absolute Gasteiger partial charge is 0.409 e. The van der Waals surface area contributed by atoms with E-state index in [-0.39, 0.29) is 18.0 Å². The summed E-state index contributed by atoms with van der Waals surface area (Å²) in [4.78, 5) is 25.6. The van der Waals surface area contributed by atoms with E-state index in [1.54, 1.807) is 50.1 Å². The molecule has 7 heteroatoms. The van der Waals surface area contributed by atoms with Crippen LogP contribution in [-0.4, -0.2) is 55.9 Å². The van der Waals surface area contributed by atoms with Crippen LogP contribution < -0.4 is 14.8 Å². The van der Waals surface area contributed by atoms with Crippen LogP contribution in [0.3, 0.4) is 0 Å². The van der Waals surface area contributed by atoms with Gasteiger partial charge in [0.2, 0.25) is 0 Å². The van der Waals surface area contributed by atoms with Crippen LogP contribution in [0.15, 0.2) is 24.3 Å². The standard InChI is InChI=1S/C18H26N2O5/c1-4-24-18(22)20-11-9-14(10-12-20)19-17(21)13(2)25-16-7-5-15(23-3)6-8-16/h5-8,13-14H,4,9-12H2,1-3H3,(H,19,21)/t13-/m0/s1. The van der Waals surface area contributed by atoms with E-state index in [9.17, 15) is 9.59 Å². The minimum Gasteiger partial charge on any atom is -0.497 e. The van der Waals surface area contributed by atoms with Gasteiger partial charge in [0.25, 0.3) is 5.91 Å². The van der Waals surface area contributed by atoms with Crippen LogP contribution in [-0.2, 0) is 9.53 Å². The summed E-state index contributed by atoms with van der Waals surface area (Å²) in [5.74, 6) is 1.18. The molecule has 0 bridgehead atoms. The van der Waals surface area contributed by atoms with E-state index in [1.807, 2.05) is 0 Å². The summed E-state index contributed by atoms with van der Waals surface area (Å²) in [6, 6.07) is 7.14. The summed E-state index contributed by atoms with van der Waals surface area (Å²) in [7, 11) is 1.60. The van der Waals surface area contributed by atoms with Crippen molar-refractivity contribution in [1.82, 2.24) is 10.2 Å². The van der Waals surface area contributed by atoms with Crippen LogP contribution in [0, 0.1) is 0 Å². The third-order valence-electron chi connectivity index (χ3n) is 4.11. The third-order valence-corrected chi connectivity index (χ3v) is 4.11. The zero-order chi connectivity index (χ0) is 18.2. The molecule has 0 aliphatic carbocycles. The molecule has 1 aliphatic rings. The van der Waals surface area contributed by atoms with Crippen LogP contribution in [0.5, 0.6) is 11.5 Å². The van der Waals surface area contributed by atoms with Gasteiger partial charge in [0.15, 0.2) is 6.10 Å². The summed E-state index contributed by atoms with van der Waals surface area (Å²) in [5, 5.41) is 2.99. The molecule has 2 rings (SSSR count). The summed E-state index contributed by atoms with van der Waals surface area (Å²) in [5.41, 5.74) is 0. The van der Waals surface area contributed by atoms with E-state index in [4.69, 9.17) is 14.2 Å². The fourth-order valence-electron chi connectivity index (χ4n) is 2.65. The third kappa shape index (κ3) is 5.55. The van der Waals surface area contributed by atoms with Gasteiger partial charge in [-0.05, 0) is 51.0 Å². The SMILES string of the molecule is CCOC(=O)N1CCC(NC(=O)[C@H](C)Oc2ccc(OC)cc2)CC1. The number of methoxy groups -OCH3 is 1. The first-order chi connectivity index (χ1) is 12.0. The molecule has 1 saturated heterocycles. The average molecular weight is 350 g/mol. The molecule has 1 atom stereocenters. The van der Waals surface area contributed by atoms with Crippen LogP contribution in [0.2, 0.25) is 0 Å². The van der Waals surface area contributed by atoms with Gasteiger partial charge in [-0.25, -0.2) is 4.79 Å². The maximum absolute atomic E-state index is 12.3. The molecule has 1 heterocycles. The number of nitrogens with zero attached hydrogens (tertiary/aromatic N) is 1. The van der Waals surface area contributed by atoms with Crippen LogP contribution in [0.1, 0.15) is 26.7 Å². The highest BCUT2D eigenvalue weighted by Crippen LogP contribution is 2.18. The summed E-state index contributed by atoms with van der Waals surface area (Å²) in [6.45, 7) is 5.03. The van der Waals surface area contributed by atoms with Crippen molar-refractivity contribution in [2.75, 3.05) is 26.8 Å². The Bertz CT molecular complexity index is 567. The summed E-state index contributed by atoms with van der Waals surface area (Å²) in [6.07, 6.45) is 0.527. The Kier molecular flexibility index (Phi) is 6.91. The molecule has 0 radical (unpaired) electrons. The second-order valence-electron chi connectivity index (χ2n) is 5.90. The molecule has 25 heavy (non-hydrogen) atoms.